The summed E-state index contributed by atoms with van der Waals surface area (Å²) in [6, 6.07) is 13.1. The largest absolute Gasteiger partial charge is 0.478 e. The summed E-state index contributed by atoms with van der Waals surface area (Å²) in [7, 11) is 1.52. The Morgan fingerprint density at radius 3 is 2.59 bits per heavy atom. The van der Waals surface area contributed by atoms with Gasteiger partial charge in [-0.15, -0.1) is 0 Å². The number of nitrogens with one attached hydrogen (secondary N) is 3. The molecule has 18 heteroatoms. The minimum absolute atomic E-state index is 0.0875. The van der Waals surface area contributed by atoms with E-state index in [-0.39, 0.29) is 53.9 Å². The van der Waals surface area contributed by atoms with E-state index in [0.29, 0.717) is 53.5 Å². The van der Waals surface area contributed by atoms with Gasteiger partial charge in [-0.25, -0.2) is 4.98 Å². The SMILES string of the molecule is CNC(=O)COc1cc2cc(Nc3nc(N4CCC(O[C@H]5C[C@H](N6CCCN(c7cccc8c7CN(C7CCC(=O)NC7O)C8=O)C6)C5)CC4)ncc3Cl)ccc2n(C(C)C)c1=O. The lowest BCUT2D eigenvalue weighted by Gasteiger charge is -2.48. The molecule has 4 aromatic rings. The van der Waals surface area contributed by atoms with Crippen LogP contribution in [0.4, 0.5) is 23.1 Å². The Hall–Kier alpha value is -5.49. The van der Waals surface area contributed by atoms with Crippen molar-refractivity contribution in [3.8, 4) is 5.75 Å². The van der Waals surface area contributed by atoms with Crippen LogP contribution in [-0.2, 0) is 20.9 Å². The molecule has 3 saturated heterocycles. The van der Waals surface area contributed by atoms with Gasteiger partial charge in [0, 0.05) is 86.2 Å². The third-order valence-corrected chi connectivity index (χ3v) is 13.4. The molecule has 0 spiro atoms. The molecular formula is C45H55ClN10O7. The number of pyridine rings is 1. The second kappa shape index (κ2) is 17.9. The summed E-state index contributed by atoms with van der Waals surface area (Å²) < 4.78 is 13.9. The standard InChI is InChI=1S/C45H55ClN10O7/c1-26(2)56-35-9-8-28(18-27(35)19-38(44(56)61)62-24-40(58)47-3)49-41-34(46)22-48-45(51-41)52-16-12-30(13-17-52)63-31-20-29(21-31)53-14-5-15-54(25-53)36-7-4-6-32-33(36)23-55(43(32)60)37-10-11-39(57)50-42(37)59/h4,6-9,18-19,22,26,29-31,37,42,59H,5,10-17,20-21,23-25H2,1-3H3,(H,47,58)(H,50,57)(H,48,49,51)/t29-,31-,37?,42?. The molecule has 3 amide bonds. The zero-order chi connectivity index (χ0) is 43.9. The number of likely N-dealkylation sites (N-methyl/N-ethyl adjacent to an activating group) is 1. The molecule has 4 N–H and O–H groups in total. The summed E-state index contributed by atoms with van der Waals surface area (Å²) in [5.74, 6) is 0.531. The fraction of sp³-hybridized carbons (Fsp3) is 0.511. The van der Waals surface area contributed by atoms with Gasteiger partial charge in [-0.05, 0) is 88.8 Å². The summed E-state index contributed by atoms with van der Waals surface area (Å²) in [5, 5.41) is 20.1. The van der Waals surface area contributed by atoms with Crippen molar-refractivity contribution in [2.45, 2.75) is 102 Å². The number of aromatic nitrogens is 3. The number of hydrogen-bond acceptors (Lipinski definition) is 13. The summed E-state index contributed by atoms with van der Waals surface area (Å²) in [5.41, 5.74) is 3.89. The third-order valence-electron chi connectivity index (χ3n) is 13.1. The van der Waals surface area contributed by atoms with Crippen molar-refractivity contribution in [2.75, 3.05) is 61.6 Å². The van der Waals surface area contributed by atoms with E-state index in [1.54, 1.807) is 21.7 Å². The van der Waals surface area contributed by atoms with Crippen molar-refractivity contribution in [1.29, 1.82) is 0 Å². The smallest absolute Gasteiger partial charge is 0.293 e. The summed E-state index contributed by atoms with van der Waals surface area (Å²) in [4.78, 5) is 68.6. The number of anilines is 4. The second-order valence-electron chi connectivity index (χ2n) is 17.5. The lowest BCUT2D eigenvalue weighted by molar-refractivity contribution is -0.129. The van der Waals surface area contributed by atoms with E-state index in [4.69, 9.17) is 26.1 Å². The van der Waals surface area contributed by atoms with Crippen molar-refractivity contribution in [1.82, 2.24) is 35.0 Å². The van der Waals surface area contributed by atoms with Gasteiger partial charge >= 0.3 is 0 Å². The number of aliphatic hydroxyl groups is 1. The van der Waals surface area contributed by atoms with Crippen molar-refractivity contribution < 1.29 is 29.0 Å². The lowest BCUT2D eigenvalue weighted by atomic mass is 9.87. The predicted molar refractivity (Wildman–Crippen MR) is 239 cm³/mol. The normalized spacial score (nSPS) is 23.2. The Balaban J connectivity index is 0.775. The number of carbonyl (C=O) groups excluding carboxylic acids is 3. The van der Waals surface area contributed by atoms with Gasteiger partial charge < -0.3 is 49.8 Å². The molecule has 5 aliphatic rings. The highest BCUT2D eigenvalue weighted by Gasteiger charge is 2.42. The quantitative estimate of drug-likeness (QED) is 0.159. The number of nitrogens with zero attached hydrogens (tertiary/aromatic N) is 7. The molecule has 0 radical (unpaired) electrons. The molecule has 1 saturated carbocycles. The number of hydrogen-bond donors (Lipinski definition) is 4. The van der Waals surface area contributed by atoms with Crippen molar-refractivity contribution >= 4 is 63.4 Å². The summed E-state index contributed by atoms with van der Waals surface area (Å²) >= 11 is 6.61. The number of fused-ring (bicyclic) bond motifs is 2. The molecule has 63 heavy (non-hydrogen) atoms. The molecule has 0 bridgehead atoms. The summed E-state index contributed by atoms with van der Waals surface area (Å²) in [6.07, 6.45) is 6.39. The van der Waals surface area contributed by atoms with Gasteiger partial charge in [0.15, 0.2) is 18.2 Å². The van der Waals surface area contributed by atoms with Gasteiger partial charge in [-0.2, -0.15) is 4.98 Å². The molecule has 17 nitrogen and oxygen atoms in total. The first kappa shape index (κ1) is 42.8. The highest BCUT2D eigenvalue weighted by Crippen LogP contribution is 2.38. The highest BCUT2D eigenvalue weighted by atomic mass is 35.5. The Bertz CT molecular complexity index is 2450. The van der Waals surface area contributed by atoms with Gasteiger partial charge in [-0.1, -0.05) is 17.7 Å². The number of benzene rings is 2. The number of carbonyl (C=O) groups is 3. The molecule has 1 aliphatic carbocycles. The Morgan fingerprint density at radius 2 is 1.83 bits per heavy atom. The average Bonchev–Trinajstić information content (AvgIpc) is 3.60. The molecule has 2 atom stereocenters. The predicted octanol–water partition coefficient (Wildman–Crippen LogP) is 4.13. The first-order valence-corrected chi connectivity index (χ1v) is 22.4. The molecular weight excluding hydrogens is 828 g/mol. The van der Waals surface area contributed by atoms with E-state index in [9.17, 15) is 24.3 Å². The lowest BCUT2D eigenvalue weighted by Crippen LogP contribution is -2.56. The van der Waals surface area contributed by atoms with Gasteiger partial charge in [0.05, 0.1) is 36.6 Å². The Kier molecular flexibility index (Phi) is 12.2. The van der Waals surface area contributed by atoms with Crippen molar-refractivity contribution in [2.24, 2.45) is 0 Å². The molecule has 6 heterocycles. The van der Waals surface area contributed by atoms with E-state index >= 15 is 0 Å². The Labute approximate surface area is 370 Å². The Morgan fingerprint density at radius 1 is 1.02 bits per heavy atom. The van der Waals surface area contributed by atoms with Gasteiger partial charge in [0.1, 0.15) is 11.3 Å². The minimum atomic E-state index is -1.06. The number of aliphatic hydroxyl groups excluding tert-OH is 1. The maximum absolute atomic E-state index is 13.5. The van der Waals surface area contributed by atoms with Crippen LogP contribution in [0.25, 0.3) is 10.9 Å². The van der Waals surface area contributed by atoms with Crippen molar-refractivity contribution in [3.05, 3.63) is 75.2 Å². The van der Waals surface area contributed by atoms with Crippen molar-refractivity contribution in [3.63, 3.8) is 0 Å². The molecule has 4 fully saturated rings. The zero-order valence-electron chi connectivity index (χ0n) is 35.9. The third kappa shape index (κ3) is 8.75. The van der Waals surface area contributed by atoms with E-state index in [1.807, 2.05) is 44.2 Å². The van der Waals surface area contributed by atoms with Crippen LogP contribution in [0.15, 0.2) is 53.5 Å². The number of halogens is 1. The van der Waals surface area contributed by atoms with Gasteiger partial charge in [-0.3, -0.25) is 24.1 Å². The maximum atomic E-state index is 13.5. The monoisotopic (exact) mass is 882 g/mol. The molecule has 334 valence electrons. The van der Waals surface area contributed by atoms with Crippen LogP contribution in [0.5, 0.6) is 5.75 Å². The van der Waals surface area contributed by atoms with E-state index in [0.717, 1.165) is 87.1 Å². The average molecular weight is 883 g/mol. The zero-order valence-corrected chi connectivity index (χ0v) is 36.6. The van der Waals surface area contributed by atoms with E-state index in [2.05, 4.69) is 41.7 Å². The van der Waals surface area contributed by atoms with Crippen LogP contribution in [0, 0.1) is 0 Å². The fourth-order valence-electron chi connectivity index (χ4n) is 9.69. The van der Waals surface area contributed by atoms with Crippen LogP contribution in [0.1, 0.15) is 80.8 Å². The minimum Gasteiger partial charge on any atom is -0.478 e. The van der Waals surface area contributed by atoms with E-state index < -0.39 is 12.3 Å². The molecule has 4 aliphatic heterocycles. The van der Waals surface area contributed by atoms with Crippen LogP contribution >= 0.6 is 11.6 Å². The van der Waals surface area contributed by atoms with Crippen LogP contribution in [0.3, 0.4) is 0 Å². The number of rotatable bonds is 12. The first-order valence-electron chi connectivity index (χ1n) is 22.1. The molecule has 2 unspecified atom stereocenters. The molecule has 9 rings (SSSR count). The first-order chi connectivity index (χ1) is 30.4. The number of amides is 3. The highest BCUT2D eigenvalue weighted by molar-refractivity contribution is 6.33. The number of ether oxygens (including phenoxy) is 2. The van der Waals surface area contributed by atoms with Crippen LogP contribution in [0.2, 0.25) is 5.02 Å². The van der Waals surface area contributed by atoms with Crippen LogP contribution < -0.4 is 36.0 Å². The van der Waals surface area contributed by atoms with Gasteiger partial charge in [0.25, 0.3) is 17.4 Å². The maximum Gasteiger partial charge on any atom is 0.293 e. The van der Waals surface area contributed by atoms with E-state index in [1.165, 1.54) is 7.05 Å². The molecule has 2 aromatic heterocycles. The number of piperidine rings is 2. The molecule has 2 aromatic carbocycles. The topological polar surface area (TPSA) is 187 Å². The van der Waals surface area contributed by atoms with Gasteiger partial charge in [0.2, 0.25) is 11.9 Å². The summed E-state index contributed by atoms with van der Waals surface area (Å²) in [6.45, 7) is 8.23. The van der Waals surface area contributed by atoms with Crippen LogP contribution in [-0.4, -0.2) is 124 Å². The second-order valence-corrected chi connectivity index (χ2v) is 17.9. The fourth-order valence-corrected chi connectivity index (χ4v) is 9.83.